The summed E-state index contributed by atoms with van der Waals surface area (Å²) in [4.78, 5) is 4.96. The third-order valence-corrected chi connectivity index (χ3v) is 4.05. The van der Waals surface area contributed by atoms with Crippen LogP contribution in [0.25, 0.3) is 0 Å². The maximum Gasteiger partial charge on any atom is 0.0622 e. The largest absolute Gasteiger partial charge is 0.369 e. The van der Waals surface area contributed by atoms with Gasteiger partial charge in [0, 0.05) is 38.3 Å². The molecule has 0 amide bonds. The quantitative estimate of drug-likeness (QED) is 0.777. The van der Waals surface area contributed by atoms with Gasteiger partial charge >= 0.3 is 0 Å². The normalized spacial score (nSPS) is 16.4. The Bertz CT molecular complexity index is 454. The van der Waals surface area contributed by atoms with Crippen LogP contribution < -0.4 is 4.90 Å². The van der Waals surface area contributed by atoms with Gasteiger partial charge in [-0.2, -0.15) is 5.26 Å². The average molecular weight is 257 g/mol. The Morgan fingerprint density at radius 1 is 1.16 bits per heavy atom. The summed E-state index contributed by atoms with van der Waals surface area (Å²) >= 11 is 0. The molecule has 1 fully saturated rings. The van der Waals surface area contributed by atoms with Crippen molar-refractivity contribution in [2.45, 2.75) is 26.7 Å². The summed E-state index contributed by atoms with van der Waals surface area (Å²) < 4.78 is 0. The van der Waals surface area contributed by atoms with Crippen molar-refractivity contribution in [2.75, 3.05) is 37.6 Å². The topological polar surface area (TPSA) is 30.3 Å². The van der Waals surface area contributed by atoms with Crippen LogP contribution in [0.4, 0.5) is 5.69 Å². The fraction of sp³-hybridized carbons (Fsp3) is 0.562. The van der Waals surface area contributed by atoms with Crippen molar-refractivity contribution in [1.82, 2.24) is 4.90 Å². The predicted molar refractivity (Wildman–Crippen MR) is 79.4 cm³/mol. The Balaban J connectivity index is 1.89. The summed E-state index contributed by atoms with van der Waals surface area (Å²) in [6, 6.07) is 8.78. The van der Waals surface area contributed by atoms with Crippen LogP contribution in [-0.4, -0.2) is 37.6 Å². The van der Waals surface area contributed by atoms with Crippen LogP contribution in [0.15, 0.2) is 18.2 Å². The number of rotatable bonds is 4. The lowest BCUT2D eigenvalue weighted by molar-refractivity contribution is 0.256. The van der Waals surface area contributed by atoms with Crippen LogP contribution in [0, 0.1) is 25.2 Å². The van der Waals surface area contributed by atoms with Gasteiger partial charge in [-0.15, -0.1) is 0 Å². The number of nitrogens with zero attached hydrogens (tertiary/aromatic N) is 3. The Kier molecular flexibility index (Phi) is 4.81. The van der Waals surface area contributed by atoms with Crippen molar-refractivity contribution < 1.29 is 0 Å². The molecule has 1 saturated heterocycles. The summed E-state index contributed by atoms with van der Waals surface area (Å²) in [5, 5.41) is 8.57. The van der Waals surface area contributed by atoms with Gasteiger partial charge in [-0.1, -0.05) is 12.1 Å². The number of unbranched alkanes of at least 4 members (excludes halogenated alkanes) is 1. The van der Waals surface area contributed by atoms with E-state index in [0.29, 0.717) is 6.42 Å². The highest BCUT2D eigenvalue weighted by Gasteiger charge is 2.18. The van der Waals surface area contributed by atoms with Gasteiger partial charge in [0.25, 0.3) is 0 Å². The minimum absolute atomic E-state index is 0.678. The van der Waals surface area contributed by atoms with E-state index in [-0.39, 0.29) is 0 Å². The van der Waals surface area contributed by atoms with Crippen molar-refractivity contribution in [3.8, 4) is 6.07 Å². The maximum absolute atomic E-state index is 8.57. The number of nitriles is 1. The third-order valence-electron chi connectivity index (χ3n) is 4.05. The first-order valence-electron chi connectivity index (χ1n) is 7.13. The number of anilines is 1. The van der Waals surface area contributed by atoms with E-state index < -0.39 is 0 Å². The van der Waals surface area contributed by atoms with Crippen molar-refractivity contribution >= 4 is 5.69 Å². The average Bonchev–Trinajstić information content (AvgIpc) is 2.43. The van der Waals surface area contributed by atoms with E-state index >= 15 is 0 Å². The monoisotopic (exact) mass is 257 g/mol. The molecule has 1 aromatic rings. The molecular weight excluding hydrogens is 234 g/mol. The van der Waals surface area contributed by atoms with E-state index in [9.17, 15) is 0 Å². The summed E-state index contributed by atoms with van der Waals surface area (Å²) in [6.07, 6.45) is 1.68. The number of hydrogen-bond acceptors (Lipinski definition) is 3. The molecule has 0 aliphatic carbocycles. The predicted octanol–water partition coefficient (Wildman–Crippen LogP) is 2.73. The lowest BCUT2D eigenvalue weighted by Crippen LogP contribution is -2.46. The fourth-order valence-electron chi connectivity index (χ4n) is 2.67. The van der Waals surface area contributed by atoms with Gasteiger partial charge in [-0.25, -0.2) is 0 Å². The first kappa shape index (κ1) is 13.9. The van der Waals surface area contributed by atoms with Crippen molar-refractivity contribution in [3.05, 3.63) is 29.3 Å². The molecule has 2 rings (SSSR count). The molecule has 0 radical (unpaired) electrons. The van der Waals surface area contributed by atoms with Crippen molar-refractivity contribution in [1.29, 1.82) is 5.26 Å². The van der Waals surface area contributed by atoms with Crippen LogP contribution in [0.1, 0.15) is 24.0 Å². The molecule has 0 bridgehead atoms. The van der Waals surface area contributed by atoms with Crippen LogP contribution in [0.5, 0.6) is 0 Å². The molecule has 1 heterocycles. The molecule has 0 atom stereocenters. The van der Waals surface area contributed by atoms with Crippen molar-refractivity contribution in [3.63, 3.8) is 0 Å². The molecule has 102 valence electrons. The Hall–Kier alpha value is -1.53. The van der Waals surface area contributed by atoms with Gasteiger partial charge in [0.05, 0.1) is 6.07 Å². The zero-order chi connectivity index (χ0) is 13.7. The van der Waals surface area contributed by atoms with Gasteiger partial charge in [-0.3, -0.25) is 4.90 Å². The van der Waals surface area contributed by atoms with E-state index in [1.807, 2.05) is 0 Å². The summed E-state index contributed by atoms with van der Waals surface area (Å²) in [7, 11) is 0. The van der Waals surface area contributed by atoms with Crippen LogP contribution in [0.3, 0.4) is 0 Å². The van der Waals surface area contributed by atoms with Gasteiger partial charge in [0.2, 0.25) is 0 Å². The molecule has 1 aromatic carbocycles. The van der Waals surface area contributed by atoms with Gasteiger partial charge < -0.3 is 4.90 Å². The molecule has 19 heavy (non-hydrogen) atoms. The summed E-state index contributed by atoms with van der Waals surface area (Å²) in [6.45, 7) is 9.86. The standard InChI is InChI=1S/C16H23N3/c1-14-6-5-7-16(15(14)2)19-12-10-18(11-13-19)9-4-3-8-17/h5-7H,3-4,9-13H2,1-2H3. The van der Waals surface area contributed by atoms with E-state index in [1.54, 1.807) is 0 Å². The molecule has 0 saturated carbocycles. The minimum Gasteiger partial charge on any atom is -0.369 e. The van der Waals surface area contributed by atoms with Gasteiger partial charge in [-0.05, 0) is 44.0 Å². The summed E-state index contributed by atoms with van der Waals surface area (Å²) in [5.74, 6) is 0. The highest BCUT2D eigenvalue weighted by molar-refractivity contribution is 5.56. The number of hydrogen-bond donors (Lipinski definition) is 0. The lowest BCUT2D eigenvalue weighted by atomic mass is 10.1. The van der Waals surface area contributed by atoms with E-state index in [2.05, 4.69) is 47.9 Å². The zero-order valence-corrected chi connectivity index (χ0v) is 12.0. The van der Waals surface area contributed by atoms with Crippen molar-refractivity contribution in [2.24, 2.45) is 0 Å². The number of aryl methyl sites for hydroxylation is 1. The summed E-state index contributed by atoms with van der Waals surface area (Å²) in [5.41, 5.74) is 4.16. The molecule has 3 nitrogen and oxygen atoms in total. The first-order valence-corrected chi connectivity index (χ1v) is 7.13. The molecule has 0 unspecified atom stereocenters. The fourth-order valence-corrected chi connectivity index (χ4v) is 2.67. The van der Waals surface area contributed by atoms with Crippen LogP contribution in [0.2, 0.25) is 0 Å². The van der Waals surface area contributed by atoms with Gasteiger partial charge in [0.1, 0.15) is 0 Å². The Morgan fingerprint density at radius 3 is 2.58 bits per heavy atom. The second-order valence-corrected chi connectivity index (χ2v) is 5.31. The second-order valence-electron chi connectivity index (χ2n) is 5.31. The van der Waals surface area contributed by atoms with E-state index in [4.69, 9.17) is 5.26 Å². The molecule has 1 aliphatic rings. The van der Waals surface area contributed by atoms with E-state index in [1.165, 1.54) is 16.8 Å². The second kappa shape index (κ2) is 6.58. The first-order chi connectivity index (χ1) is 9.22. The third kappa shape index (κ3) is 3.48. The smallest absolute Gasteiger partial charge is 0.0622 e. The van der Waals surface area contributed by atoms with E-state index in [0.717, 1.165) is 39.1 Å². The Morgan fingerprint density at radius 2 is 1.89 bits per heavy atom. The zero-order valence-electron chi connectivity index (χ0n) is 12.0. The lowest BCUT2D eigenvalue weighted by Gasteiger charge is -2.37. The molecular formula is C16H23N3. The minimum atomic E-state index is 0.678. The van der Waals surface area contributed by atoms with Gasteiger partial charge in [0.15, 0.2) is 0 Å². The van der Waals surface area contributed by atoms with Crippen LogP contribution >= 0.6 is 0 Å². The molecule has 0 aromatic heterocycles. The molecule has 3 heteroatoms. The highest BCUT2D eigenvalue weighted by Crippen LogP contribution is 2.23. The molecule has 1 aliphatic heterocycles. The SMILES string of the molecule is Cc1cccc(N2CCN(CCCC#N)CC2)c1C. The molecule has 0 spiro atoms. The highest BCUT2D eigenvalue weighted by atomic mass is 15.3. The number of benzene rings is 1. The maximum atomic E-state index is 8.57. The molecule has 0 N–H and O–H groups in total. The Labute approximate surface area is 116 Å². The number of piperazine rings is 1. The van der Waals surface area contributed by atoms with Crippen LogP contribution in [-0.2, 0) is 0 Å².